The number of nitrogens with one attached hydrogen (secondary N) is 1. The Morgan fingerprint density at radius 2 is 2.18 bits per heavy atom. The third-order valence-electron chi connectivity index (χ3n) is 4.70. The lowest BCUT2D eigenvalue weighted by molar-refractivity contribution is -0.0512. The average Bonchev–Trinajstić information content (AvgIpc) is 3.11. The molecule has 122 valence electrons. The molecule has 0 bridgehead atoms. The molecule has 2 saturated heterocycles. The van der Waals surface area contributed by atoms with E-state index >= 15 is 0 Å². The van der Waals surface area contributed by atoms with Gasteiger partial charge in [-0.3, -0.25) is 4.90 Å². The normalized spacial score (nSPS) is 25.3. The van der Waals surface area contributed by atoms with Crippen LogP contribution in [0.1, 0.15) is 18.4 Å². The van der Waals surface area contributed by atoms with Crippen LogP contribution in [0.2, 0.25) is 0 Å². The second-order valence-corrected chi connectivity index (χ2v) is 6.25. The van der Waals surface area contributed by atoms with Crippen LogP contribution in [-0.2, 0) is 6.54 Å². The quantitative estimate of drug-likeness (QED) is 0.906. The number of nitrogens with zero attached hydrogens (tertiary/aromatic N) is 1. The molecule has 1 aromatic carbocycles. The lowest BCUT2D eigenvalue weighted by Crippen LogP contribution is -2.28. The smallest absolute Gasteiger partial charge is 0.387 e. The van der Waals surface area contributed by atoms with Gasteiger partial charge in [-0.25, -0.2) is 0 Å². The van der Waals surface area contributed by atoms with Crippen molar-refractivity contribution in [1.82, 2.24) is 10.2 Å². The van der Waals surface area contributed by atoms with E-state index in [0.717, 1.165) is 38.3 Å². The van der Waals surface area contributed by atoms with Crippen molar-refractivity contribution in [1.29, 1.82) is 0 Å². The summed E-state index contributed by atoms with van der Waals surface area (Å²) in [6, 6.07) is 5.18. The van der Waals surface area contributed by atoms with Gasteiger partial charge in [0.05, 0.1) is 7.11 Å². The van der Waals surface area contributed by atoms with Crippen molar-refractivity contribution in [3.8, 4) is 11.5 Å². The summed E-state index contributed by atoms with van der Waals surface area (Å²) in [6.45, 7) is 2.37. The van der Waals surface area contributed by atoms with Crippen molar-refractivity contribution in [3.63, 3.8) is 0 Å². The Kier molecular flexibility index (Phi) is 4.49. The van der Waals surface area contributed by atoms with E-state index in [9.17, 15) is 8.78 Å². The Hall–Kier alpha value is -1.40. The number of rotatable bonds is 5. The van der Waals surface area contributed by atoms with Crippen molar-refractivity contribution >= 4 is 0 Å². The predicted octanol–water partition coefficient (Wildman–Crippen LogP) is 2.48. The summed E-state index contributed by atoms with van der Waals surface area (Å²) in [6.07, 6.45) is 2.47. The highest BCUT2D eigenvalue weighted by Crippen LogP contribution is 2.37. The average molecular weight is 312 g/mol. The lowest BCUT2D eigenvalue weighted by atomic mass is 9.86. The Balaban J connectivity index is 1.65. The molecule has 0 saturated carbocycles. The number of alkyl halides is 2. The summed E-state index contributed by atoms with van der Waals surface area (Å²) in [5.41, 5.74) is 1.49. The number of halogens is 2. The van der Waals surface area contributed by atoms with Crippen molar-refractivity contribution < 1.29 is 18.3 Å². The highest BCUT2D eigenvalue weighted by atomic mass is 19.3. The van der Waals surface area contributed by atoms with E-state index in [1.807, 2.05) is 6.07 Å². The molecular weight excluding hydrogens is 290 g/mol. The first-order valence-corrected chi connectivity index (χ1v) is 7.65. The van der Waals surface area contributed by atoms with Crippen LogP contribution in [0.25, 0.3) is 0 Å². The molecule has 0 amide bonds. The Labute approximate surface area is 129 Å². The molecule has 2 aliphatic rings. The zero-order valence-electron chi connectivity index (χ0n) is 12.8. The molecule has 6 heteroatoms. The first kappa shape index (κ1) is 15.5. The van der Waals surface area contributed by atoms with Gasteiger partial charge in [0.15, 0.2) is 11.5 Å². The molecule has 1 unspecified atom stereocenters. The molecule has 22 heavy (non-hydrogen) atoms. The molecule has 1 atom stereocenters. The predicted molar refractivity (Wildman–Crippen MR) is 79.4 cm³/mol. The van der Waals surface area contributed by atoms with Crippen LogP contribution >= 0.6 is 0 Å². The standard InChI is InChI=1S/C16H22F2N2O2/c1-21-14-8-12(2-3-13(14)22-15(17)18)9-20-7-5-16(11-20)4-6-19-10-16/h2-3,8,15,19H,4-7,9-11H2,1H3. The van der Waals surface area contributed by atoms with Gasteiger partial charge in [0, 0.05) is 19.6 Å². The minimum atomic E-state index is -2.84. The summed E-state index contributed by atoms with van der Waals surface area (Å²) in [5.74, 6) is 0.438. The Morgan fingerprint density at radius 1 is 1.32 bits per heavy atom. The summed E-state index contributed by atoms with van der Waals surface area (Å²) < 4.78 is 34.3. The molecule has 0 aliphatic carbocycles. The minimum absolute atomic E-state index is 0.0825. The number of methoxy groups -OCH3 is 1. The minimum Gasteiger partial charge on any atom is -0.493 e. The molecule has 0 aromatic heterocycles. The first-order valence-electron chi connectivity index (χ1n) is 7.65. The highest BCUT2D eigenvalue weighted by molar-refractivity contribution is 5.43. The molecule has 4 nitrogen and oxygen atoms in total. The van der Waals surface area contributed by atoms with Crippen molar-refractivity contribution in [2.45, 2.75) is 26.0 Å². The molecule has 2 aliphatic heterocycles. The first-order chi connectivity index (χ1) is 10.6. The molecular formula is C16H22F2N2O2. The van der Waals surface area contributed by atoms with E-state index in [4.69, 9.17) is 4.74 Å². The summed E-state index contributed by atoms with van der Waals surface area (Å²) in [4.78, 5) is 2.43. The van der Waals surface area contributed by atoms with Gasteiger partial charge in [0.25, 0.3) is 0 Å². The molecule has 2 fully saturated rings. The SMILES string of the molecule is COc1cc(CN2CCC3(CCNC3)C2)ccc1OC(F)F. The van der Waals surface area contributed by atoms with Gasteiger partial charge in [0.2, 0.25) is 0 Å². The van der Waals surface area contributed by atoms with Crippen LogP contribution in [0.5, 0.6) is 11.5 Å². The van der Waals surface area contributed by atoms with Crippen LogP contribution in [0.15, 0.2) is 18.2 Å². The van der Waals surface area contributed by atoms with E-state index < -0.39 is 6.61 Å². The van der Waals surface area contributed by atoms with Crippen LogP contribution in [0.4, 0.5) is 8.78 Å². The van der Waals surface area contributed by atoms with E-state index in [-0.39, 0.29) is 5.75 Å². The molecule has 1 aromatic rings. The topological polar surface area (TPSA) is 33.7 Å². The fraction of sp³-hybridized carbons (Fsp3) is 0.625. The van der Waals surface area contributed by atoms with Gasteiger partial charge in [-0.1, -0.05) is 6.07 Å². The summed E-state index contributed by atoms with van der Waals surface area (Å²) >= 11 is 0. The van der Waals surface area contributed by atoms with Crippen molar-refractivity contribution in [2.24, 2.45) is 5.41 Å². The second kappa shape index (κ2) is 6.38. The van der Waals surface area contributed by atoms with Gasteiger partial charge >= 0.3 is 6.61 Å². The van der Waals surface area contributed by atoms with Gasteiger partial charge in [0.1, 0.15) is 0 Å². The van der Waals surface area contributed by atoms with Gasteiger partial charge in [-0.05, 0) is 49.0 Å². The van der Waals surface area contributed by atoms with Gasteiger partial charge in [-0.15, -0.1) is 0 Å². The van der Waals surface area contributed by atoms with Crippen molar-refractivity contribution in [3.05, 3.63) is 23.8 Å². The maximum Gasteiger partial charge on any atom is 0.387 e. The van der Waals surface area contributed by atoms with E-state index in [2.05, 4.69) is 15.0 Å². The number of hydrogen-bond donors (Lipinski definition) is 1. The van der Waals surface area contributed by atoms with Gasteiger partial charge in [-0.2, -0.15) is 8.78 Å². The molecule has 2 heterocycles. The van der Waals surface area contributed by atoms with E-state index in [1.54, 1.807) is 12.1 Å². The van der Waals surface area contributed by atoms with Crippen LogP contribution in [-0.4, -0.2) is 44.8 Å². The van der Waals surface area contributed by atoms with E-state index in [0.29, 0.717) is 11.2 Å². The maximum atomic E-state index is 12.3. The maximum absolute atomic E-state index is 12.3. The van der Waals surface area contributed by atoms with Gasteiger partial charge < -0.3 is 14.8 Å². The summed E-state index contributed by atoms with van der Waals surface area (Å²) in [5, 5.41) is 3.45. The summed E-state index contributed by atoms with van der Waals surface area (Å²) in [7, 11) is 1.46. The number of hydrogen-bond acceptors (Lipinski definition) is 4. The fourth-order valence-corrected chi connectivity index (χ4v) is 3.57. The fourth-order valence-electron chi connectivity index (χ4n) is 3.57. The zero-order valence-corrected chi connectivity index (χ0v) is 12.8. The van der Waals surface area contributed by atoms with E-state index in [1.165, 1.54) is 20.0 Å². The lowest BCUT2D eigenvalue weighted by Gasteiger charge is -2.23. The Bertz CT molecular complexity index is 519. The van der Waals surface area contributed by atoms with Crippen molar-refractivity contribution in [2.75, 3.05) is 33.3 Å². The molecule has 1 spiro atoms. The highest BCUT2D eigenvalue weighted by Gasteiger charge is 2.40. The number of likely N-dealkylation sites (tertiary alicyclic amines) is 1. The Morgan fingerprint density at radius 3 is 2.86 bits per heavy atom. The monoisotopic (exact) mass is 312 g/mol. The second-order valence-electron chi connectivity index (χ2n) is 6.25. The zero-order chi connectivity index (χ0) is 15.6. The third kappa shape index (κ3) is 3.33. The van der Waals surface area contributed by atoms with Crippen LogP contribution < -0.4 is 14.8 Å². The third-order valence-corrected chi connectivity index (χ3v) is 4.70. The molecule has 0 radical (unpaired) electrons. The molecule has 1 N–H and O–H groups in total. The number of benzene rings is 1. The number of ether oxygens (including phenoxy) is 2. The molecule has 3 rings (SSSR count). The largest absolute Gasteiger partial charge is 0.493 e. The van der Waals surface area contributed by atoms with Crippen LogP contribution in [0, 0.1) is 5.41 Å². The van der Waals surface area contributed by atoms with Crippen LogP contribution in [0.3, 0.4) is 0 Å².